The number of morpholine rings is 1. The van der Waals surface area contributed by atoms with Crippen LogP contribution in [0.4, 0.5) is 5.69 Å². The zero-order valence-electron chi connectivity index (χ0n) is 26.2. The Balaban J connectivity index is 1.51. The lowest BCUT2D eigenvalue weighted by Gasteiger charge is -2.40. The number of benzene rings is 1. The summed E-state index contributed by atoms with van der Waals surface area (Å²) in [6, 6.07) is 7.86. The maximum atomic E-state index is 14.7. The number of para-hydroxylation sites is 1. The van der Waals surface area contributed by atoms with Gasteiger partial charge in [0, 0.05) is 45.0 Å². The molecule has 0 radical (unpaired) electrons. The molecule has 10 nitrogen and oxygen atoms in total. The second kappa shape index (κ2) is 13.9. The van der Waals surface area contributed by atoms with E-state index >= 15 is 0 Å². The number of aliphatic hydroxyl groups excluding tert-OH is 1. The van der Waals surface area contributed by atoms with Crippen LogP contribution in [-0.2, 0) is 23.9 Å². The van der Waals surface area contributed by atoms with Crippen molar-refractivity contribution in [3.05, 3.63) is 55.6 Å². The topological polar surface area (TPSA) is 103 Å². The summed E-state index contributed by atoms with van der Waals surface area (Å²) >= 11 is 0. The van der Waals surface area contributed by atoms with E-state index in [1.807, 2.05) is 44.2 Å². The van der Waals surface area contributed by atoms with Crippen LogP contribution in [0, 0.1) is 17.8 Å². The van der Waals surface area contributed by atoms with Crippen LogP contribution in [0.25, 0.3) is 0 Å². The van der Waals surface area contributed by atoms with Crippen LogP contribution in [0.3, 0.4) is 0 Å². The lowest BCUT2D eigenvalue weighted by Crippen LogP contribution is -2.59. The number of hydrogen-bond donors (Lipinski definition) is 1. The Kier molecular flexibility index (Phi) is 10.2. The number of ether oxygens (including phenoxy) is 2. The van der Waals surface area contributed by atoms with Gasteiger partial charge in [-0.3, -0.25) is 19.3 Å². The molecule has 3 amide bonds. The average Bonchev–Trinajstić information content (AvgIpc) is 3.68. The van der Waals surface area contributed by atoms with Crippen molar-refractivity contribution in [3.63, 3.8) is 0 Å². The lowest BCUT2D eigenvalue weighted by atomic mass is 9.70. The van der Waals surface area contributed by atoms with E-state index in [-0.39, 0.29) is 36.8 Å². The van der Waals surface area contributed by atoms with Crippen LogP contribution in [0.5, 0.6) is 0 Å². The van der Waals surface area contributed by atoms with Crippen LogP contribution in [-0.4, -0.2) is 120 Å². The minimum atomic E-state index is -1.14. The summed E-state index contributed by atoms with van der Waals surface area (Å²) < 4.78 is 12.2. The first-order valence-corrected chi connectivity index (χ1v) is 16.0. The molecule has 240 valence electrons. The van der Waals surface area contributed by atoms with Crippen LogP contribution in [0.15, 0.2) is 55.6 Å². The van der Waals surface area contributed by atoms with Crippen molar-refractivity contribution in [2.24, 2.45) is 17.8 Å². The molecule has 44 heavy (non-hydrogen) atoms. The minimum Gasteiger partial charge on any atom is -0.394 e. The molecule has 2 bridgehead atoms. The van der Waals surface area contributed by atoms with Crippen molar-refractivity contribution >= 4 is 23.4 Å². The van der Waals surface area contributed by atoms with E-state index < -0.39 is 35.6 Å². The van der Waals surface area contributed by atoms with Crippen LogP contribution >= 0.6 is 0 Å². The fourth-order valence-corrected chi connectivity index (χ4v) is 7.81. The molecule has 2 unspecified atom stereocenters. The summed E-state index contributed by atoms with van der Waals surface area (Å²) in [6.45, 7) is 16.2. The highest BCUT2D eigenvalue weighted by atomic mass is 16.5. The number of nitrogens with zero attached hydrogens (tertiary/aromatic N) is 4. The van der Waals surface area contributed by atoms with Crippen molar-refractivity contribution in [2.45, 2.75) is 56.9 Å². The normalized spacial score (nSPS) is 28.6. The molecule has 1 spiro atoms. The van der Waals surface area contributed by atoms with Crippen molar-refractivity contribution < 1.29 is 29.0 Å². The predicted molar refractivity (Wildman–Crippen MR) is 168 cm³/mol. The third-order valence-electron chi connectivity index (χ3n) is 9.70. The first-order chi connectivity index (χ1) is 21.3. The van der Waals surface area contributed by atoms with E-state index in [2.05, 4.69) is 18.1 Å². The van der Waals surface area contributed by atoms with Crippen LogP contribution in [0.2, 0.25) is 0 Å². The highest BCUT2D eigenvalue weighted by Crippen LogP contribution is 2.59. The number of carbonyl (C=O) groups excluding carboxylic acids is 3. The summed E-state index contributed by atoms with van der Waals surface area (Å²) in [6.07, 6.45) is 4.52. The van der Waals surface area contributed by atoms with Crippen LogP contribution < -0.4 is 4.90 Å². The summed E-state index contributed by atoms with van der Waals surface area (Å²) in [5.41, 5.74) is -0.421. The molecule has 4 fully saturated rings. The van der Waals surface area contributed by atoms with Crippen LogP contribution in [0.1, 0.15) is 33.1 Å². The number of carbonyl (C=O) groups is 3. The maximum Gasteiger partial charge on any atom is 0.248 e. The molecule has 10 heteroatoms. The third kappa shape index (κ3) is 5.97. The fraction of sp³-hybridized carbons (Fsp3) is 0.618. The monoisotopic (exact) mass is 608 g/mol. The number of aliphatic hydroxyl groups is 1. The predicted octanol–water partition coefficient (Wildman–Crippen LogP) is 2.33. The van der Waals surface area contributed by atoms with Gasteiger partial charge < -0.3 is 29.3 Å². The second-order valence-corrected chi connectivity index (χ2v) is 12.9. The van der Waals surface area contributed by atoms with E-state index in [9.17, 15) is 19.5 Å². The number of anilines is 1. The third-order valence-corrected chi connectivity index (χ3v) is 9.70. The lowest BCUT2D eigenvalue weighted by molar-refractivity contribution is -0.151. The number of likely N-dealkylation sites (tertiary alicyclic amines) is 1. The highest BCUT2D eigenvalue weighted by molar-refractivity contribution is 6.03. The molecular formula is C34H48N4O6. The van der Waals surface area contributed by atoms with Gasteiger partial charge in [0.2, 0.25) is 17.7 Å². The van der Waals surface area contributed by atoms with E-state index in [1.165, 1.54) is 0 Å². The van der Waals surface area contributed by atoms with Crippen molar-refractivity contribution in [2.75, 3.05) is 64.0 Å². The van der Waals surface area contributed by atoms with E-state index in [0.717, 1.165) is 18.8 Å². The Labute approximate surface area is 261 Å². The van der Waals surface area contributed by atoms with Crippen molar-refractivity contribution in [3.8, 4) is 0 Å². The van der Waals surface area contributed by atoms with Gasteiger partial charge in [0.25, 0.3) is 0 Å². The molecule has 0 aromatic heterocycles. The molecule has 5 rings (SSSR count). The van der Waals surface area contributed by atoms with Crippen molar-refractivity contribution in [1.82, 2.24) is 14.7 Å². The zero-order chi connectivity index (χ0) is 31.4. The maximum absolute atomic E-state index is 14.7. The van der Waals surface area contributed by atoms with E-state index in [4.69, 9.17) is 9.47 Å². The quantitative estimate of drug-likeness (QED) is 0.324. The molecule has 1 aromatic carbocycles. The highest BCUT2D eigenvalue weighted by Gasteiger charge is 2.75. The number of amides is 3. The van der Waals surface area contributed by atoms with Gasteiger partial charge in [-0.05, 0) is 37.3 Å². The number of fused-ring (bicyclic) bond motifs is 1. The number of hydrogen-bond acceptors (Lipinski definition) is 7. The van der Waals surface area contributed by atoms with Gasteiger partial charge in [-0.15, -0.1) is 13.2 Å². The molecule has 4 aliphatic rings. The SMILES string of the molecule is C=CCN(CCN1CCOCC1)C(=O)C1N([C@@H](CO)CC(C)C)C(=O)[C@@H]2[C@@H](C(=O)N(CC=C)c3ccccc3)[C@H]3CCC12O3. The van der Waals surface area contributed by atoms with Gasteiger partial charge >= 0.3 is 0 Å². The Morgan fingerprint density at radius 3 is 2.45 bits per heavy atom. The molecule has 4 heterocycles. The molecule has 1 N–H and O–H groups in total. The summed E-state index contributed by atoms with van der Waals surface area (Å²) in [5.74, 6) is -2.07. The second-order valence-electron chi connectivity index (χ2n) is 12.9. The largest absolute Gasteiger partial charge is 0.394 e. The first kappa shape index (κ1) is 32.3. The average molecular weight is 609 g/mol. The van der Waals surface area contributed by atoms with Gasteiger partial charge in [-0.2, -0.15) is 0 Å². The van der Waals surface area contributed by atoms with E-state index in [1.54, 1.807) is 26.9 Å². The van der Waals surface area contributed by atoms with Gasteiger partial charge in [0.15, 0.2) is 0 Å². The Hall–Kier alpha value is -3.05. The molecular weight excluding hydrogens is 560 g/mol. The van der Waals surface area contributed by atoms with Gasteiger partial charge in [0.05, 0.1) is 43.8 Å². The fourth-order valence-electron chi connectivity index (χ4n) is 7.81. The van der Waals surface area contributed by atoms with E-state index in [0.29, 0.717) is 52.1 Å². The number of rotatable bonds is 14. The van der Waals surface area contributed by atoms with Gasteiger partial charge in [-0.1, -0.05) is 44.2 Å². The summed E-state index contributed by atoms with van der Waals surface area (Å²) in [4.78, 5) is 51.0. The standard InChI is InChI=1S/C34H48N4O6/c1-5-14-36(17-16-35-18-20-43-21-19-35)33(42)30-34-13-12-27(44-34)28(29(34)32(41)38(30)26(23-39)22-24(3)4)31(40)37(15-6-2)25-10-8-7-9-11-25/h5-11,24,26-30,39H,1-2,12-23H2,3-4H3/t26-,27-,28+,29+,30?,34?/m1/s1. The zero-order valence-corrected chi connectivity index (χ0v) is 26.2. The van der Waals surface area contributed by atoms with Crippen molar-refractivity contribution in [1.29, 1.82) is 0 Å². The van der Waals surface area contributed by atoms with Gasteiger partial charge in [0.1, 0.15) is 11.6 Å². The molecule has 4 saturated heterocycles. The molecule has 6 atom stereocenters. The van der Waals surface area contributed by atoms with Gasteiger partial charge in [-0.25, -0.2) is 0 Å². The minimum absolute atomic E-state index is 0.176. The Morgan fingerprint density at radius 1 is 1.11 bits per heavy atom. The molecule has 1 aromatic rings. The summed E-state index contributed by atoms with van der Waals surface area (Å²) in [5, 5.41) is 10.6. The first-order valence-electron chi connectivity index (χ1n) is 16.0. The Morgan fingerprint density at radius 2 is 1.82 bits per heavy atom. The molecule has 0 saturated carbocycles. The molecule has 0 aliphatic carbocycles. The summed E-state index contributed by atoms with van der Waals surface area (Å²) in [7, 11) is 0. The molecule has 4 aliphatic heterocycles. The smallest absolute Gasteiger partial charge is 0.248 e. The Bertz CT molecular complexity index is 1200.